The van der Waals surface area contributed by atoms with Crippen LogP contribution in [0.1, 0.15) is 32.6 Å². The van der Waals surface area contributed by atoms with Gasteiger partial charge in [-0.15, -0.1) is 0 Å². The molecule has 1 unspecified atom stereocenters. The molecule has 2 heterocycles. The van der Waals surface area contributed by atoms with E-state index in [1.54, 1.807) is 6.20 Å². The molecule has 1 amide bonds. The molecule has 1 aliphatic heterocycles. The van der Waals surface area contributed by atoms with Crippen molar-refractivity contribution in [3.05, 3.63) is 18.5 Å². The van der Waals surface area contributed by atoms with Crippen LogP contribution in [0.15, 0.2) is 18.5 Å². The lowest BCUT2D eigenvalue weighted by molar-refractivity contribution is -0.130. The highest BCUT2D eigenvalue weighted by Crippen LogP contribution is 2.09. The van der Waals surface area contributed by atoms with Crippen molar-refractivity contribution in [2.45, 2.75) is 45.2 Å². The Morgan fingerprint density at radius 2 is 2.05 bits per heavy atom. The molecule has 0 saturated carbocycles. The molecule has 1 aromatic heterocycles. The topological polar surface area (TPSA) is 50.2 Å². The van der Waals surface area contributed by atoms with Crippen LogP contribution in [0.2, 0.25) is 0 Å². The van der Waals surface area contributed by atoms with E-state index in [0.717, 1.165) is 32.5 Å². The first-order valence-electron chi connectivity index (χ1n) is 7.24. The van der Waals surface area contributed by atoms with Crippen LogP contribution in [-0.2, 0) is 11.3 Å². The predicted molar refractivity (Wildman–Crippen MR) is 74.7 cm³/mol. The van der Waals surface area contributed by atoms with Gasteiger partial charge in [-0.2, -0.15) is 5.10 Å². The van der Waals surface area contributed by atoms with Gasteiger partial charge in [-0.3, -0.25) is 9.48 Å². The van der Waals surface area contributed by atoms with Gasteiger partial charge in [0.2, 0.25) is 5.91 Å². The van der Waals surface area contributed by atoms with E-state index in [9.17, 15) is 4.79 Å². The van der Waals surface area contributed by atoms with Gasteiger partial charge in [-0.1, -0.05) is 12.8 Å². The van der Waals surface area contributed by atoms with E-state index in [0.29, 0.717) is 6.54 Å². The average Bonchev–Trinajstić information content (AvgIpc) is 2.76. The molecule has 106 valence electrons. The van der Waals surface area contributed by atoms with Crippen molar-refractivity contribution in [2.75, 3.05) is 19.6 Å². The Hall–Kier alpha value is -1.36. The van der Waals surface area contributed by atoms with E-state index in [2.05, 4.69) is 17.3 Å². The van der Waals surface area contributed by atoms with Crippen molar-refractivity contribution in [1.82, 2.24) is 20.0 Å². The first kappa shape index (κ1) is 14.1. The third-order valence-corrected chi connectivity index (χ3v) is 3.58. The summed E-state index contributed by atoms with van der Waals surface area (Å²) in [5, 5.41) is 7.45. The minimum absolute atomic E-state index is 0.231. The lowest BCUT2D eigenvalue weighted by Crippen LogP contribution is -2.42. The quantitative estimate of drug-likeness (QED) is 0.871. The van der Waals surface area contributed by atoms with E-state index >= 15 is 0 Å². The Morgan fingerprint density at radius 3 is 2.68 bits per heavy atom. The number of rotatable bonds is 5. The lowest BCUT2D eigenvalue weighted by atomic mass is 10.2. The van der Waals surface area contributed by atoms with Gasteiger partial charge < -0.3 is 10.2 Å². The summed E-state index contributed by atoms with van der Waals surface area (Å²) in [6, 6.07) is 2.16. The third-order valence-electron chi connectivity index (χ3n) is 3.58. The molecule has 0 bridgehead atoms. The van der Waals surface area contributed by atoms with E-state index in [4.69, 9.17) is 0 Å². The number of carbonyl (C=O) groups is 1. The summed E-state index contributed by atoms with van der Waals surface area (Å²) >= 11 is 0. The molecule has 0 spiro atoms. The molecule has 0 aromatic carbocycles. The van der Waals surface area contributed by atoms with Gasteiger partial charge in [-0.05, 0) is 25.8 Å². The largest absolute Gasteiger partial charge is 0.342 e. The zero-order valence-corrected chi connectivity index (χ0v) is 11.7. The highest BCUT2D eigenvalue weighted by atomic mass is 16.2. The van der Waals surface area contributed by atoms with Gasteiger partial charge in [0.05, 0.1) is 13.1 Å². The molecule has 0 radical (unpaired) electrons. The monoisotopic (exact) mass is 264 g/mol. The molecular formula is C14H24N4O. The Kier molecular flexibility index (Phi) is 5.39. The number of carbonyl (C=O) groups excluding carboxylic acids is 1. The minimum Gasteiger partial charge on any atom is -0.342 e. The number of nitrogens with one attached hydrogen (secondary N) is 1. The summed E-state index contributed by atoms with van der Waals surface area (Å²) in [4.78, 5) is 14.1. The average molecular weight is 264 g/mol. The van der Waals surface area contributed by atoms with Gasteiger partial charge in [0.25, 0.3) is 0 Å². The molecule has 1 N–H and O–H groups in total. The van der Waals surface area contributed by atoms with Crippen LogP contribution in [0.4, 0.5) is 0 Å². The predicted octanol–water partition coefficient (Wildman–Crippen LogP) is 1.26. The van der Waals surface area contributed by atoms with Crippen LogP contribution < -0.4 is 5.32 Å². The van der Waals surface area contributed by atoms with Crippen LogP contribution in [0.3, 0.4) is 0 Å². The molecule has 1 atom stereocenters. The van der Waals surface area contributed by atoms with E-state index in [1.165, 1.54) is 12.8 Å². The van der Waals surface area contributed by atoms with Crippen LogP contribution >= 0.6 is 0 Å². The zero-order chi connectivity index (χ0) is 13.5. The van der Waals surface area contributed by atoms with Crippen LogP contribution in [0.5, 0.6) is 0 Å². The fourth-order valence-electron chi connectivity index (χ4n) is 2.45. The maximum Gasteiger partial charge on any atom is 0.236 e. The smallest absolute Gasteiger partial charge is 0.236 e. The Labute approximate surface area is 115 Å². The van der Waals surface area contributed by atoms with Gasteiger partial charge in [0.15, 0.2) is 0 Å². The first-order chi connectivity index (χ1) is 9.25. The maximum absolute atomic E-state index is 12.1. The number of hydrogen-bond donors (Lipinski definition) is 1. The Balaban J connectivity index is 1.70. The number of likely N-dealkylation sites (tertiary alicyclic amines) is 1. The lowest BCUT2D eigenvalue weighted by Gasteiger charge is -2.22. The summed E-state index contributed by atoms with van der Waals surface area (Å²) in [5.74, 6) is 0.231. The second-order valence-electron chi connectivity index (χ2n) is 5.31. The second kappa shape index (κ2) is 7.28. The fraction of sp³-hybridized carbons (Fsp3) is 0.714. The molecule has 2 rings (SSSR count). The third kappa shape index (κ3) is 4.67. The summed E-state index contributed by atoms with van der Waals surface area (Å²) in [6.45, 7) is 5.15. The highest BCUT2D eigenvalue weighted by Gasteiger charge is 2.15. The number of aromatic nitrogens is 2. The molecule has 0 aliphatic carbocycles. The van der Waals surface area contributed by atoms with Gasteiger partial charge in [-0.25, -0.2) is 0 Å². The zero-order valence-electron chi connectivity index (χ0n) is 11.7. The second-order valence-corrected chi connectivity index (χ2v) is 5.31. The van der Waals surface area contributed by atoms with E-state index in [1.807, 2.05) is 21.8 Å². The standard InChI is InChI=1S/C14H24N4O/c1-13(12-18-10-6-7-16-18)15-11-14(19)17-8-4-2-3-5-9-17/h6-7,10,13,15H,2-5,8-9,11-12H2,1H3. The van der Waals surface area contributed by atoms with Crippen molar-refractivity contribution in [1.29, 1.82) is 0 Å². The summed E-state index contributed by atoms with van der Waals surface area (Å²) in [7, 11) is 0. The molecule has 19 heavy (non-hydrogen) atoms. The Bertz CT molecular complexity index is 369. The summed E-state index contributed by atoms with van der Waals surface area (Å²) in [5.41, 5.74) is 0. The minimum atomic E-state index is 0.231. The molecule has 5 nitrogen and oxygen atoms in total. The van der Waals surface area contributed by atoms with Crippen LogP contribution in [-0.4, -0.2) is 46.3 Å². The van der Waals surface area contributed by atoms with Crippen molar-refractivity contribution < 1.29 is 4.79 Å². The first-order valence-corrected chi connectivity index (χ1v) is 7.24. The molecule has 1 aliphatic rings. The van der Waals surface area contributed by atoms with Gasteiger partial charge >= 0.3 is 0 Å². The van der Waals surface area contributed by atoms with Gasteiger partial charge in [0.1, 0.15) is 0 Å². The van der Waals surface area contributed by atoms with E-state index in [-0.39, 0.29) is 11.9 Å². The maximum atomic E-state index is 12.1. The Morgan fingerprint density at radius 1 is 1.32 bits per heavy atom. The summed E-state index contributed by atoms with van der Waals surface area (Å²) in [6.07, 6.45) is 8.52. The van der Waals surface area contributed by atoms with Crippen LogP contribution in [0, 0.1) is 0 Å². The number of hydrogen-bond acceptors (Lipinski definition) is 3. The molecular weight excluding hydrogens is 240 g/mol. The highest BCUT2D eigenvalue weighted by molar-refractivity contribution is 5.78. The van der Waals surface area contributed by atoms with E-state index < -0.39 is 0 Å². The van der Waals surface area contributed by atoms with Crippen molar-refractivity contribution in [3.63, 3.8) is 0 Å². The molecule has 1 aromatic rings. The van der Waals surface area contributed by atoms with Gasteiger partial charge in [0, 0.05) is 31.5 Å². The molecule has 1 fully saturated rings. The SMILES string of the molecule is CC(Cn1cccn1)NCC(=O)N1CCCCCC1. The molecule has 5 heteroatoms. The summed E-state index contributed by atoms with van der Waals surface area (Å²) < 4.78 is 1.88. The fourth-order valence-corrected chi connectivity index (χ4v) is 2.45. The number of amides is 1. The van der Waals surface area contributed by atoms with Crippen molar-refractivity contribution in [2.24, 2.45) is 0 Å². The van der Waals surface area contributed by atoms with Crippen LogP contribution in [0.25, 0.3) is 0 Å². The normalized spacial score (nSPS) is 18.1. The van der Waals surface area contributed by atoms with Crippen molar-refractivity contribution in [3.8, 4) is 0 Å². The van der Waals surface area contributed by atoms with Crippen molar-refractivity contribution >= 4 is 5.91 Å². The number of nitrogens with zero attached hydrogens (tertiary/aromatic N) is 3. The molecule has 1 saturated heterocycles.